The molecule has 3 rings (SSSR count). The van der Waals surface area contributed by atoms with E-state index in [1.54, 1.807) is 12.1 Å². The Hall–Kier alpha value is -2.60. The predicted molar refractivity (Wildman–Crippen MR) is 123 cm³/mol. The molecule has 0 spiro atoms. The quantitative estimate of drug-likeness (QED) is 0.570. The first-order chi connectivity index (χ1) is 14.0. The van der Waals surface area contributed by atoms with Crippen LogP contribution in [-0.2, 0) is 0 Å². The Morgan fingerprint density at radius 2 is 1.62 bits per heavy atom. The zero-order valence-electron chi connectivity index (χ0n) is 17.0. The average Bonchev–Trinajstić information content (AvgIpc) is 2.72. The molecule has 1 fully saturated rings. The van der Waals surface area contributed by atoms with Crippen molar-refractivity contribution < 1.29 is 9.53 Å². The minimum atomic E-state index is -0.155. The standard InChI is InChI=1S/C23H29N3O2S/c1-3-28-20-14-12-18(13-15-20)24-22(27)17-8-10-19(11-9-17)25-23(29)26-21-7-5-4-6-16(21)2/h8-16,21H,3-7H2,1-2H3,(H,24,27)(H2,25,26,29)/t16-,21+/m0/s1. The molecule has 2 aromatic carbocycles. The summed E-state index contributed by atoms with van der Waals surface area (Å²) in [7, 11) is 0. The van der Waals surface area contributed by atoms with Crippen molar-refractivity contribution in [2.24, 2.45) is 5.92 Å². The van der Waals surface area contributed by atoms with Crippen LogP contribution in [0.3, 0.4) is 0 Å². The number of thiocarbonyl (C=S) groups is 1. The Morgan fingerprint density at radius 3 is 2.28 bits per heavy atom. The van der Waals surface area contributed by atoms with Crippen LogP contribution in [0.5, 0.6) is 5.75 Å². The molecule has 6 heteroatoms. The van der Waals surface area contributed by atoms with Crippen molar-refractivity contribution in [2.75, 3.05) is 17.2 Å². The molecule has 3 N–H and O–H groups in total. The van der Waals surface area contributed by atoms with Gasteiger partial charge in [0.1, 0.15) is 5.75 Å². The highest BCUT2D eigenvalue weighted by molar-refractivity contribution is 7.80. The zero-order valence-corrected chi connectivity index (χ0v) is 17.9. The molecule has 1 aliphatic rings. The molecule has 1 aliphatic carbocycles. The minimum Gasteiger partial charge on any atom is -0.494 e. The molecule has 29 heavy (non-hydrogen) atoms. The molecule has 2 aromatic rings. The second kappa shape index (κ2) is 10.3. The lowest BCUT2D eigenvalue weighted by molar-refractivity contribution is 0.102. The maximum atomic E-state index is 12.5. The van der Waals surface area contributed by atoms with Gasteiger partial charge in [0, 0.05) is 23.0 Å². The van der Waals surface area contributed by atoms with E-state index in [9.17, 15) is 4.79 Å². The van der Waals surface area contributed by atoms with E-state index in [1.165, 1.54) is 19.3 Å². The monoisotopic (exact) mass is 411 g/mol. The summed E-state index contributed by atoms with van der Waals surface area (Å²) in [6, 6.07) is 15.1. The third-order valence-corrected chi connectivity index (χ3v) is 5.48. The van der Waals surface area contributed by atoms with Crippen LogP contribution in [0.25, 0.3) is 0 Å². The summed E-state index contributed by atoms with van der Waals surface area (Å²) in [5, 5.41) is 10.2. The highest BCUT2D eigenvalue weighted by Crippen LogP contribution is 2.24. The van der Waals surface area contributed by atoms with Gasteiger partial charge in [0.25, 0.3) is 5.91 Å². The molecule has 0 heterocycles. The molecular weight excluding hydrogens is 382 g/mol. The third kappa shape index (κ3) is 6.19. The highest BCUT2D eigenvalue weighted by atomic mass is 32.1. The Bertz CT molecular complexity index is 821. The third-order valence-electron chi connectivity index (χ3n) is 5.26. The molecule has 0 aromatic heterocycles. The summed E-state index contributed by atoms with van der Waals surface area (Å²) in [5.41, 5.74) is 2.18. The molecule has 0 aliphatic heterocycles. The maximum Gasteiger partial charge on any atom is 0.255 e. The Morgan fingerprint density at radius 1 is 1.00 bits per heavy atom. The number of nitrogens with one attached hydrogen (secondary N) is 3. The van der Waals surface area contributed by atoms with Crippen LogP contribution in [0.4, 0.5) is 11.4 Å². The summed E-state index contributed by atoms with van der Waals surface area (Å²) in [4.78, 5) is 12.5. The van der Waals surface area contributed by atoms with Crippen LogP contribution in [0.15, 0.2) is 48.5 Å². The lowest BCUT2D eigenvalue weighted by Crippen LogP contribution is -2.43. The van der Waals surface area contributed by atoms with Crippen molar-refractivity contribution in [2.45, 2.75) is 45.6 Å². The van der Waals surface area contributed by atoms with Crippen LogP contribution in [-0.4, -0.2) is 23.7 Å². The van der Waals surface area contributed by atoms with Gasteiger partial charge in [-0.3, -0.25) is 4.79 Å². The number of hydrogen-bond acceptors (Lipinski definition) is 3. The summed E-state index contributed by atoms with van der Waals surface area (Å²) in [6.07, 6.45) is 4.97. The largest absolute Gasteiger partial charge is 0.494 e. The molecule has 5 nitrogen and oxygen atoms in total. The average molecular weight is 412 g/mol. The number of ether oxygens (including phenoxy) is 1. The summed E-state index contributed by atoms with van der Waals surface area (Å²) in [6.45, 7) is 4.83. The summed E-state index contributed by atoms with van der Waals surface area (Å²) in [5.74, 6) is 1.27. The van der Waals surface area contributed by atoms with Gasteiger partial charge < -0.3 is 20.7 Å². The minimum absolute atomic E-state index is 0.155. The first-order valence-electron chi connectivity index (χ1n) is 10.3. The lowest BCUT2D eigenvalue weighted by Gasteiger charge is -2.30. The molecule has 0 radical (unpaired) electrons. The smallest absolute Gasteiger partial charge is 0.255 e. The molecule has 1 saturated carbocycles. The van der Waals surface area contributed by atoms with Gasteiger partial charge in [-0.2, -0.15) is 0 Å². The molecule has 0 saturated heterocycles. The van der Waals surface area contributed by atoms with Gasteiger partial charge in [-0.15, -0.1) is 0 Å². The van der Waals surface area contributed by atoms with Crippen LogP contribution < -0.4 is 20.7 Å². The van der Waals surface area contributed by atoms with E-state index in [4.69, 9.17) is 17.0 Å². The number of rotatable bonds is 6. The SMILES string of the molecule is CCOc1ccc(NC(=O)c2ccc(NC(=S)N[C@@H]3CCCC[C@@H]3C)cc2)cc1. The van der Waals surface area contributed by atoms with E-state index >= 15 is 0 Å². The van der Waals surface area contributed by atoms with Crippen LogP contribution in [0, 0.1) is 5.92 Å². The second-order valence-electron chi connectivity index (χ2n) is 7.46. The molecule has 154 valence electrons. The van der Waals surface area contributed by atoms with Crippen LogP contribution in [0.1, 0.15) is 49.9 Å². The molecule has 1 amide bonds. The Kier molecular flexibility index (Phi) is 7.47. The molecular formula is C23H29N3O2S. The number of anilines is 2. The zero-order chi connectivity index (χ0) is 20.6. The fraction of sp³-hybridized carbons (Fsp3) is 0.391. The Labute approximate surface area is 178 Å². The summed E-state index contributed by atoms with van der Waals surface area (Å²) < 4.78 is 5.41. The lowest BCUT2D eigenvalue weighted by atomic mass is 9.86. The van der Waals surface area contributed by atoms with Crippen molar-refractivity contribution in [1.82, 2.24) is 5.32 Å². The molecule has 2 atom stereocenters. The molecule has 0 unspecified atom stereocenters. The van der Waals surface area contributed by atoms with Crippen molar-refractivity contribution >= 4 is 34.6 Å². The van der Waals surface area contributed by atoms with Crippen LogP contribution >= 0.6 is 12.2 Å². The van der Waals surface area contributed by atoms with E-state index in [1.807, 2.05) is 43.3 Å². The predicted octanol–water partition coefficient (Wildman–Crippen LogP) is 5.20. The number of benzene rings is 2. The van der Waals surface area contributed by atoms with E-state index in [0.717, 1.165) is 23.5 Å². The number of hydrogen-bond donors (Lipinski definition) is 3. The highest BCUT2D eigenvalue weighted by Gasteiger charge is 2.21. The van der Waals surface area contributed by atoms with E-state index < -0.39 is 0 Å². The maximum absolute atomic E-state index is 12.5. The fourth-order valence-electron chi connectivity index (χ4n) is 3.58. The molecule has 0 bridgehead atoms. The van der Waals surface area contributed by atoms with E-state index in [2.05, 4.69) is 22.9 Å². The summed E-state index contributed by atoms with van der Waals surface area (Å²) >= 11 is 5.46. The number of carbonyl (C=O) groups is 1. The second-order valence-corrected chi connectivity index (χ2v) is 7.86. The van der Waals surface area contributed by atoms with E-state index in [-0.39, 0.29) is 5.91 Å². The van der Waals surface area contributed by atoms with Gasteiger partial charge in [-0.05, 0) is 86.4 Å². The topological polar surface area (TPSA) is 62.4 Å². The van der Waals surface area contributed by atoms with Gasteiger partial charge in [0.2, 0.25) is 0 Å². The first-order valence-corrected chi connectivity index (χ1v) is 10.7. The van der Waals surface area contributed by atoms with Gasteiger partial charge in [-0.1, -0.05) is 19.8 Å². The van der Waals surface area contributed by atoms with Gasteiger partial charge in [0.05, 0.1) is 6.61 Å². The van der Waals surface area contributed by atoms with Crippen molar-refractivity contribution in [1.29, 1.82) is 0 Å². The van der Waals surface area contributed by atoms with Gasteiger partial charge in [0.15, 0.2) is 5.11 Å². The number of carbonyl (C=O) groups excluding carboxylic acids is 1. The van der Waals surface area contributed by atoms with Crippen molar-refractivity contribution in [3.8, 4) is 5.75 Å². The number of amides is 1. The van der Waals surface area contributed by atoms with Crippen molar-refractivity contribution in [3.05, 3.63) is 54.1 Å². The first kappa shape index (κ1) is 21.1. The Balaban J connectivity index is 1.52. The van der Waals surface area contributed by atoms with Gasteiger partial charge >= 0.3 is 0 Å². The fourth-order valence-corrected chi connectivity index (χ4v) is 3.84. The van der Waals surface area contributed by atoms with Crippen molar-refractivity contribution in [3.63, 3.8) is 0 Å². The van der Waals surface area contributed by atoms with E-state index in [0.29, 0.717) is 29.2 Å². The normalized spacial score (nSPS) is 18.6. The van der Waals surface area contributed by atoms with Gasteiger partial charge in [-0.25, -0.2) is 0 Å². The van der Waals surface area contributed by atoms with Crippen LogP contribution in [0.2, 0.25) is 0 Å².